The molecule has 1 amide bonds. The summed E-state index contributed by atoms with van der Waals surface area (Å²) in [5, 5.41) is 3.36. The van der Waals surface area contributed by atoms with Crippen LogP contribution in [-0.4, -0.2) is 52.7 Å². The van der Waals surface area contributed by atoms with Crippen LogP contribution >= 0.6 is 0 Å². The first-order chi connectivity index (χ1) is 9.94. The van der Waals surface area contributed by atoms with E-state index in [-0.39, 0.29) is 6.09 Å². The Hall–Kier alpha value is -1.69. The predicted octanol–water partition coefficient (Wildman–Crippen LogP) is 1.48. The zero-order valence-electron chi connectivity index (χ0n) is 13.0. The van der Waals surface area contributed by atoms with E-state index in [4.69, 9.17) is 4.74 Å². The van der Waals surface area contributed by atoms with Crippen molar-refractivity contribution in [2.75, 3.05) is 26.2 Å². The molecule has 1 aromatic rings. The number of aromatic nitrogens is 2. The van der Waals surface area contributed by atoms with Crippen LogP contribution in [0.3, 0.4) is 0 Å². The summed E-state index contributed by atoms with van der Waals surface area (Å²) >= 11 is 0. The largest absolute Gasteiger partial charge is 0.444 e. The quantitative estimate of drug-likeness (QED) is 0.894. The lowest BCUT2D eigenvalue weighted by Gasteiger charge is -2.27. The lowest BCUT2D eigenvalue weighted by Crippen LogP contribution is -2.40. The molecule has 0 aromatic carbocycles. The summed E-state index contributed by atoms with van der Waals surface area (Å²) in [6, 6.07) is 1.81. The van der Waals surface area contributed by atoms with Crippen LogP contribution in [0.15, 0.2) is 18.5 Å². The molecule has 0 radical (unpaired) electrons. The van der Waals surface area contributed by atoms with Gasteiger partial charge in [-0.3, -0.25) is 0 Å². The molecule has 2 rings (SSSR count). The van der Waals surface area contributed by atoms with Crippen LogP contribution in [0.25, 0.3) is 0 Å². The molecular weight excluding hydrogens is 268 g/mol. The molecule has 116 valence electrons. The van der Waals surface area contributed by atoms with Gasteiger partial charge in [-0.2, -0.15) is 0 Å². The molecule has 21 heavy (non-hydrogen) atoms. The highest BCUT2D eigenvalue weighted by molar-refractivity contribution is 5.68. The van der Waals surface area contributed by atoms with Crippen LogP contribution in [0.1, 0.15) is 26.6 Å². The molecule has 1 aromatic heterocycles. The van der Waals surface area contributed by atoms with Gasteiger partial charge < -0.3 is 15.0 Å². The van der Waals surface area contributed by atoms with Gasteiger partial charge in [0.05, 0.1) is 0 Å². The van der Waals surface area contributed by atoms with E-state index in [9.17, 15) is 4.79 Å². The molecule has 1 N–H and O–H groups in total. The zero-order valence-corrected chi connectivity index (χ0v) is 13.0. The Morgan fingerprint density at radius 1 is 1.43 bits per heavy atom. The van der Waals surface area contributed by atoms with Crippen molar-refractivity contribution in [2.24, 2.45) is 5.92 Å². The number of amides is 1. The van der Waals surface area contributed by atoms with E-state index in [1.807, 2.05) is 26.8 Å². The third kappa shape index (κ3) is 5.30. The summed E-state index contributed by atoms with van der Waals surface area (Å²) < 4.78 is 5.46. The van der Waals surface area contributed by atoms with E-state index in [1.54, 1.807) is 17.3 Å². The lowest BCUT2D eigenvalue weighted by molar-refractivity contribution is 0.0241. The van der Waals surface area contributed by atoms with Gasteiger partial charge in [0.15, 0.2) is 0 Å². The lowest BCUT2D eigenvalue weighted by atomic mass is 10.1. The second-order valence-corrected chi connectivity index (χ2v) is 6.37. The van der Waals surface area contributed by atoms with E-state index in [0.29, 0.717) is 19.0 Å². The monoisotopic (exact) mass is 292 g/mol. The third-order valence-electron chi connectivity index (χ3n) is 3.21. The maximum atomic E-state index is 12.2. The molecule has 6 nitrogen and oxygen atoms in total. The molecule has 0 bridgehead atoms. The average molecular weight is 292 g/mol. The summed E-state index contributed by atoms with van der Waals surface area (Å²) in [5.41, 5.74) is -0.463. The number of carbonyl (C=O) groups excluding carboxylic acids is 1. The number of hydrogen-bond acceptors (Lipinski definition) is 5. The molecule has 1 atom stereocenters. The van der Waals surface area contributed by atoms with Crippen LogP contribution in [0.5, 0.6) is 0 Å². The highest BCUT2D eigenvalue weighted by Crippen LogP contribution is 2.14. The minimum atomic E-state index is -0.463. The van der Waals surface area contributed by atoms with Gasteiger partial charge in [-0.05, 0) is 32.8 Å². The average Bonchev–Trinajstić information content (AvgIpc) is 2.64. The van der Waals surface area contributed by atoms with Gasteiger partial charge in [0.25, 0.3) is 0 Å². The minimum Gasteiger partial charge on any atom is -0.444 e. The normalized spacial score (nSPS) is 20.0. The fourth-order valence-electron chi connectivity index (χ4n) is 2.31. The second kappa shape index (κ2) is 6.85. The Morgan fingerprint density at radius 3 is 2.81 bits per heavy atom. The Labute approximate surface area is 125 Å². The van der Waals surface area contributed by atoms with Gasteiger partial charge in [0, 0.05) is 45.0 Å². The maximum Gasteiger partial charge on any atom is 0.410 e. The van der Waals surface area contributed by atoms with Gasteiger partial charge in [-0.1, -0.05) is 0 Å². The second-order valence-electron chi connectivity index (χ2n) is 6.37. The third-order valence-corrected chi connectivity index (χ3v) is 3.21. The summed E-state index contributed by atoms with van der Waals surface area (Å²) in [5.74, 6) is 1.11. The minimum absolute atomic E-state index is 0.245. The fourth-order valence-corrected chi connectivity index (χ4v) is 2.31. The number of carbonyl (C=O) groups is 1. The summed E-state index contributed by atoms with van der Waals surface area (Å²) in [6.45, 7) is 8.63. The highest BCUT2D eigenvalue weighted by atomic mass is 16.6. The van der Waals surface area contributed by atoms with E-state index in [2.05, 4.69) is 15.3 Å². The molecule has 1 aliphatic rings. The van der Waals surface area contributed by atoms with Gasteiger partial charge in [-0.25, -0.2) is 14.8 Å². The SMILES string of the molecule is CC(C)(C)OC(=O)N1CCNCC(Cc2ncccn2)C1. The number of rotatable bonds is 2. The van der Waals surface area contributed by atoms with Crippen LogP contribution in [0.4, 0.5) is 4.79 Å². The van der Waals surface area contributed by atoms with Crippen LogP contribution in [0, 0.1) is 5.92 Å². The van der Waals surface area contributed by atoms with Crippen molar-refractivity contribution in [2.45, 2.75) is 32.8 Å². The van der Waals surface area contributed by atoms with Gasteiger partial charge in [0.1, 0.15) is 11.4 Å². The number of nitrogens with zero attached hydrogens (tertiary/aromatic N) is 3. The molecule has 0 saturated carbocycles. The molecule has 0 spiro atoms. The molecule has 2 heterocycles. The smallest absolute Gasteiger partial charge is 0.410 e. The molecule has 0 aliphatic carbocycles. The number of ether oxygens (including phenoxy) is 1. The van der Waals surface area contributed by atoms with Crippen LogP contribution in [0.2, 0.25) is 0 Å². The molecule has 1 fully saturated rings. The molecule has 6 heteroatoms. The summed E-state index contributed by atoms with van der Waals surface area (Å²) in [6.07, 6.45) is 4.01. The van der Waals surface area contributed by atoms with Crippen molar-refractivity contribution in [3.8, 4) is 0 Å². The molecular formula is C15H24N4O2. The maximum absolute atomic E-state index is 12.2. The van der Waals surface area contributed by atoms with Crippen molar-refractivity contribution >= 4 is 6.09 Å². The van der Waals surface area contributed by atoms with Gasteiger partial charge in [-0.15, -0.1) is 0 Å². The Balaban J connectivity index is 1.96. The summed E-state index contributed by atoms with van der Waals surface area (Å²) in [4.78, 5) is 22.5. The van der Waals surface area contributed by atoms with Crippen LogP contribution in [-0.2, 0) is 11.2 Å². The summed E-state index contributed by atoms with van der Waals surface area (Å²) in [7, 11) is 0. The zero-order chi connectivity index (χ0) is 15.3. The highest BCUT2D eigenvalue weighted by Gasteiger charge is 2.26. The first kappa shape index (κ1) is 15.7. The number of nitrogens with one attached hydrogen (secondary N) is 1. The van der Waals surface area contributed by atoms with Crippen molar-refractivity contribution in [1.82, 2.24) is 20.2 Å². The van der Waals surface area contributed by atoms with E-state index >= 15 is 0 Å². The van der Waals surface area contributed by atoms with Crippen molar-refractivity contribution in [1.29, 1.82) is 0 Å². The van der Waals surface area contributed by atoms with E-state index in [0.717, 1.165) is 25.3 Å². The predicted molar refractivity (Wildman–Crippen MR) is 79.9 cm³/mol. The van der Waals surface area contributed by atoms with E-state index in [1.165, 1.54) is 0 Å². The Kier molecular flexibility index (Phi) is 5.12. The Morgan fingerprint density at radius 2 is 2.14 bits per heavy atom. The van der Waals surface area contributed by atoms with E-state index < -0.39 is 5.60 Å². The van der Waals surface area contributed by atoms with Gasteiger partial charge in [0.2, 0.25) is 0 Å². The van der Waals surface area contributed by atoms with Gasteiger partial charge >= 0.3 is 6.09 Å². The van der Waals surface area contributed by atoms with Crippen molar-refractivity contribution in [3.63, 3.8) is 0 Å². The standard InChI is InChI=1S/C15H24N4O2/c1-15(2,3)21-14(20)19-8-7-16-10-12(11-19)9-13-17-5-4-6-18-13/h4-6,12,16H,7-11H2,1-3H3. The topological polar surface area (TPSA) is 67.3 Å². The molecule has 1 aliphatic heterocycles. The van der Waals surface area contributed by atoms with Crippen LogP contribution < -0.4 is 5.32 Å². The van der Waals surface area contributed by atoms with Crippen molar-refractivity contribution in [3.05, 3.63) is 24.3 Å². The first-order valence-electron chi connectivity index (χ1n) is 7.38. The number of hydrogen-bond donors (Lipinski definition) is 1. The molecule has 1 saturated heterocycles. The molecule has 1 unspecified atom stereocenters. The Bertz CT molecular complexity index is 458. The van der Waals surface area contributed by atoms with Crippen molar-refractivity contribution < 1.29 is 9.53 Å². The first-order valence-corrected chi connectivity index (χ1v) is 7.38. The fraction of sp³-hybridized carbons (Fsp3) is 0.667.